The number of benzene rings is 1. The van der Waals surface area contributed by atoms with Crippen LogP contribution >= 0.6 is 23.1 Å². The number of hydrogen-bond acceptors (Lipinski definition) is 4. The van der Waals surface area contributed by atoms with Crippen LogP contribution in [0.3, 0.4) is 0 Å². The van der Waals surface area contributed by atoms with E-state index in [1.165, 1.54) is 11.5 Å². The largest absolute Gasteiger partial charge is 0.309 e. The first-order valence-electron chi connectivity index (χ1n) is 7.03. The molecule has 21 heavy (non-hydrogen) atoms. The summed E-state index contributed by atoms with van der Waals surface area (Å²) < 4.78 is 18.2. The average Bonchev–Trinajstić information content (AvgIpc) is 2.92. The summed E-state index contributed by atoms with van der Waals surface area (Å²) >= 11 is 7.24. The Morgan fingerprint density at radius 1 is 1.38 bits per heavy atom. The Labute approximate surface area is 133 Å². The number of hydrogen-bond donors (Lipinski definition) is 1. The number of halogens is 2. The highest BCUT2D eigenvalue weighted by Gasteiger charge is 2.22. The van der Waals surface area contributed by atoms with Crippen LogP contribution in [0.4, 0.5) is 4.39 Å². The molecule has 0 aliphatic heterocycles. The highest BCUT2D eigenvalue weighted by Crippen LogP contribution is 2.30. The summed E-state index contributed by atoms with van der Waals surface area (Å²) in [7, 11) is 0. The Hall–Kier alpha value is -1.04. The maximum Gasteiger partial charge on any atom is 0.145 e. The van der Waals surface area contributed by atoms with Crippen LogP contribution in [0, 0.1) is 5.82 Å². The molecule has 2 aromatic rings. The van der Waals surface area contributed by atoms with Crippen molar-refractivity contribution < 1.29 is 4.39 Å². The van der Waals surface area contributed by atoms with Gasteiger partial charge in [0.15, 0.2) is 0 Å². The van der Waals surface area contributed by atoms with Crippen LogP contribution in [0.5, 0.6) is 0 Å². The number of nitrogens with zero attached hydrogens (tertiary/aromatic N) is 2. The van der Waals surface area contributed by atoms with Gasteiger partial charge in [0, 0.05) is 6.04 Å². The molecule has 6 heteroatoms. The molecular formula is C15H19ClFN3S. The Morgan fingerprint density at radius 3 is 2.81 bits per heavy atom. The SMILES string of the molecule is CCNC(Cc1cccc(Cl)c1F)c1snnc1C(C)C. The van der Waals surface area contributed by atoms with E-state index in [-0.39, 0.29) is 16.9 Å². The first-order valence-corrected chi connectivity index (χ1v) is 8.18. The molecule has 1 aromatic carbocycles. The lowest BCUT2D eigenvalue weighted by molar-refractivity contribution is 0.528. The van der Waals surface area contributed by atoms with Gasteiger partial charge < -0.3 is 5.32 Å². The van der Waals surface area contributed by atoms with E-state index in [0.717, 1.165) is 17.1 Å². The summed E-state index contributed by atoms with van der Waals surface area (Å²) in [6.07, 6.45) is 0.532. The maximum absolute atomic E-state index is 14.1. The van der Waals surface area contributed by atoms with Crippen molar-refractivity contribution in [1.29, 1.82) is 0 Å². The Morgan fingerprint density at radius 2 is 2.14 bits per heavy atom. The fourth-order valence-electron chi connectivity index (χ4n) is 2.28. The van der Waals surface area contributed by atoms with E-state index in [1.807, 2.05) is 6.92 Å². The Kier molecular flexibility index (Phi) is 5.67. The Balaban J connectivity index is 2.31. The predicted octanol–water partition coefficient (Wildman–Crippen LogP) is 4.35. The van der Waals surface area contributed by atoms with E-state index in [4.69, 9.17) is 11.6 Å². The maximum atomic E-state index is 14.1. The summed E-state index contributed by atoms with van der Waals surface area (Å²) in [6.45, 7) is 7.00. The molecule has 1 unspecified atom stereocenters. The van der Waals surface area contributed by atoms with Crippen molar-refractivity contribution in [2.45, 2.75) is 39.2 Å². The fourth-order valence-corrected chi connectivity index (χ4v) is 3.35. The van der Waals surface area contributed by atoms with Crippen LogP contribution in [-0.4, -0.2) is 16.1 Å². The molecule has 0 saturated carbocycles. The standard InChI is InChI=1S/C15H19ClFN3S/c1-4-18-12(15-14(9(2)3)19-20-21-15)8-10-6-5-7-11(16)13(10)17/h5-7,9,12,18H,4,8H2,1-3H3. The molecule has 114 valence electrons. The number of nitrogens with one attached hydrogen (secondary N) is 1. The van der Waals surface area contributed by atoms with Crippen molar-refractivity contribution in [2.75, 3.05) is 6.54 Å². The zero-order valence-electron chi connectivity index (χ0n) is 12.4. The first kappa shape index (κ1) is 16.3. The van der Waals surface area contributed by atoms with E-state index in [9.17, 15) is 4.39 Å². The van der Waals surface area contributed by atoms with Crippen LogP contribution in [0.1, 0.15) is 48.9 Å². The quantitative estimate of drug-likeness (QED) is 0.857. The van der Waals surface area contributed by atoms with E-state index in [2.05, 4.69) is 28.8 Å². The zero-order chi connectivity index (χ0) is 15.4. The predicted molar refractivity (Wildman–Crippen MR) is 85.5 cm³/mol. The highest BCUT2D eigenvalue weighted by atomic mass is 35.5. The van der Waals surface area contributed by atoms with Gasteiger partial charge in [0.25, 0.3) is 0 Å². The smallest absolute Gasteiger partial charge is 0.145 e. The van der Waals surface area contributed by atoms with E-state index < -0.39 is 0 Å². The second kappa shape index (κ2) is 7.29. The summed E-state index contributed by atoms with van der Waals surface area (Å²) in [4.78, 5) is 1.08. The normalized spacial score (nSPS) is 12.9. The van der Waals surface area contributed by atoms with Crippen LogP contribution in [0.25, 0.3) is 0 Å². The topological polar surface area (TPSA) is 37.8 Å². The molecule has 3 nitrogen and oxygen atoms in total. The van der Waals surface area contributed by atoms with Crippen molar-refractivity contribution >= 4 is 23.1 Å². The van der Waals surface area contributed by atoms with Gasteiger partial charge in [-0.15, -0.1) is 5.10 Å². The highest BCUT2D eigenvalue weighted by molar-refractivity contribution is 7.05. The van der Waals surface area contributed by atoms with Crippen molar-refractivity contribution in [2.24, 2.45) is 0 Å². The molecule has 0 saturated heterocycles. The molecule has 2 rings (SSSR count). The first-order chi connectivity index (χ1) is 10.0. The monoisotopic (exact) mass is 327 g/mol. The Bertz CT molecular complexity index is 600. The zero-order valence-corrected chi connectivity index (χ0v) is 13.9. The average molecular weight is 328 g/mol. The lowest BCUT2D eigenvalue weighted by atomic mass is 10.00. The lowest BCUT2D eigenvalue weighted by Crippen LogP contribution is -2.23. The van der Waals surface area contributed by atoms with Crippen molar-refractivity contribution in [1.82, 2.24) is 14.9 Å². The van der Waals surface area contributed by atoms with Gasteiger partial charge in [-0.1, -0.05) is 49.0 Å². The van der Waals surface area contributed by atoms with Crippen LogP contribution in [-0.2, 0) is 6.42 Å². The van der Waals surface area contributed by atoms with E-state index in [1.54, 1.807) is 18.2 Å². The van der Waals surface area contributed by atoms with Gasteiger partial charge in [0.2, 0.25) is 0 Å². The lowest BCUT2D eigenvalue weighted by Gasteiger charge is -2.18. The second-order valence-electron chi connectivity index (χ2n) is 5.20. The molecule has 1 aromatic heterocycles. The van der Waals surface area contributed by atoms with Crippen LogP contribution in [0.15, 0.2) is 18.2 Å². The van der Waals surface area contributed by atoms with Gasteiger partial charge >= 0.3 is 0 Å². The molecule has 1 N–H and O–H groups in total. The van der Waals surface area contributed by atoms with Gasteiger partial charge in [-0.05, 0) is 42.0 Å². The van der Waals surface area contributed by atoms with Gasteiger partial charge in [0.1, 0.15) is 5.82 Å². The minimum absolute atomic E-state index is 0.000340. The summed E-state index contributed by atoms with van der Waals surface area (Å²) in [5.74, 6) is -0.0465. The summed E-state index contributed by atoms with van der Waals surface area (Å²) in [6, 6.07) is 5.11. The van der Waals surface area contributed by atoms with Gasteiger partial charge in [0.05, 0.1) is 15.6 Å². The molecule has 0 bridgehead atoms. The molecule has 0 amide bonds. The molecule has 0 aliphatic carbocycles. The number of likely N-dealkylation sites (N-methyl/N-ethyl adjacent to an activating group) is 1. The van der Waals surface area contributed by atoms with Crippen molar-refractivity contribution in [3.8, 4) is 0 Å². The minimum Gasteiger partial charge on any atom is -0.309 e. The number of rotatable bonds is 6. The second-order valence-corrected chi connectivity index (χ2v) is 6.40. The molecule has 0 fully saturated rings. The minimum atomic E-state index is -0.342. The van der Waals surface area contributed by atoms with E-state index >= 15 is 0 Å². The molecule has 0 aliphatic rings. The third-order valence-electron chi connectivity index (χ3n) is 3.31. The third-order valence-corrected chi connectivity index (χ3v) is 4.46. The van der Waals surface area contributed by atoms with E-state index in [0.29, 0.717) is 17.9 Å². The van der Waals surface area contributed by atoms with Crippen molar-refractivity contribution in [3.05, 3.63) is 45.2 Å². The molecule has 1 atom stereocenters. The van der Waals surface area contributed by atoms with Gasteiger partial charge in [-0.25, -0.2) is 4.39 Å². The van der Waals surface area contributed by atoms with Crippen LogP contribution in [0.2, 0.25) is 5.02 Å². The van der Waals surface area contributed by atoms with Gasteiger partial charge in [-0.2, -0.15) is 0 Å². The van der Waals surface area contributed by atoms with Gasteiger partial charge in [-0.3, -0.25) is 0 Å². The third kappa shape index (κ3) is 3.78. The molecule has 1 heterocycles. The number of aromatic nitrogens is 2. The molecular weight excluding hydrogens is 309 g/mol. The fraction of sp³-hybridized carbons (Fsp3) is 0.467. The molecule has 0 radical (unpaired) electrons. The van der Waals surface area contributed by atoms with Crippen LogP contribution < -0.4 is 5.32 Å². The summed E-state index contributed by atoms with van der Waals surface area (Å²) in [5.41, 5.74) is 1.59. The summed E-state index contributed by atoms with van der Waals surface area (Å²) in [5, 5.41) is 7.77. The molecule has 0 spiro atoms. The van der Waals surface area contributed by atoms with Crippen molar-refractivity contribution in [3.63, 3.8) is 0 Å².